The summed E-state index contributed by atoms with van der Waals surface area (Å²) in [6, 6.07) is 6.55. The molecule has 20 heavy (non-hydrogen) atoms. The van der Waals surface area contributed by atoms with E-state index in [-0.39, 0.29) is 11.7 Å². The third kappa shape index (κ3) is 4.42. The zero-order chi connectivity index (χ0) is 14.4. The van der Waals surface area contributed by atoms with E-state index in [1.54, 1.807) is 29.5 Å². The second kappa shape index (κ2) is 7.14. The number of nitrogens with one attached hydrogen (secondary N) is 1. The van der Waals surface area contributed by atoms with Gasteiger partial charge in [0.15, 0.2) is 0 Å². The van der Waals surface area contributed by atoms with Crippen molar-refractivity contribution in [3.05, 3.63) is 51.7 Å². The Kier molecular flexibility index (Phi) is 5.24. The highest BCUT2D eigenvalue weighted by atomic mass is 32.1. The summed E-state index contributed by atoms with van der Waals surface area (Å²) in [6.07, 6.45) is 1.46. The number of thiazole rings is 1. The maximum Gasteiger partial charge on any atom is 0.220 e. The van der Waals surface area contributed by atoms with Gasteiger partial charge in [-0.3, -0.25) is 4.79 Å². The first-order valence-corrected chi connectivity index (χ1v) is 7.44. The zero-order valence-electron chi connectivity index (χ0n) is 11.4. The largest absolute Gasteiger partial charge is 0.356 e. The first-order valence-electron chi connectivity index (χ1n) is 6.56. The predicted molar refractivity (Wildman–Crippen MR) is 78.3 cm³/mol. The van der Waals surface area contributed by atoms with Gasteiger partial charge in [-0.25, -0.2) is 9.37 Å². The van der Waals surface area contributed by atoms with E-state index in [9.17, 15) is 9.18 Å². The van der Waals surface area contributed by atoms with E-state index in [0.29, 0.717) is 24.9 Å². The van der Waals surface area contributed by atoms with Crippen molar-refractivity contribution >= 4 is 17.2 Å². The smallest absolute Gasteiger partial charge is 0.220 e. The molecule has 1 heterocycles. The van der Waals surface area contributed by atoms with Crippen molar-refractivity contribution in [1.29, 1.82) is 0 Å². The lowest BCUT2D eigenvalue weighted by atomic mass is 10.1. The van der Waals surface area contributed by atoms with Crippen molar-refractivity contribution in [3.8, 4) is 0 Å². The van der Waals surface area contributed by atoms with E-state index in [4.69, 9.17) is 0 Å². The molecule has 0 bridgehead atoms. The number of carbonyl (C=O) groups is 1. The number of hydrogen-bond acceptors (Lipinski definition) is 3. The number of hydrogen-bond donors (Lipinski definition) is 1. The minimum Gasteiger partial charge on any atom is -0.356 e. The Morgan fingerprint density at radius 3 is 2.85 bits per heavy atom. The van der Waals surface area contributed by atoms with Gasteiger partial charge in [-0.2, -0.15) is 0 Å². The fraction of sp³-hybridized carbons (Fsp3) is 0.333. The highest BCUT2D eigenvalue weighted by Gasteiger charge is 2.06. The molecule has 0 radical (unpaired) electrons. The van der Waals surface area contributed by atoms with Crippen molar-refractivity contribution < 1.29 is 9.18 Å². The van der Waals surface area contributed by atoms with E-state index in [1.807, 2.05) is 12.3 Å². The first-order chi connectivity index (χ1) is 9.65. The van der Waals surface area contributed by atoms with Crippen molar-refractivity contribution in [1.82, 2.24) is 10.3 Å². The Hall–Kier alpha value is -1.75. The van der Waals surface area contributed by atoms with Gasteiger partial charge in [-0.1, -0.05) is 18.2 Å². The lowest BCUT2D eigenvalue weighted by Gasteiger charge is -2.05. The van der Waals surface area contributed by atoms with Crippen LogP contribution in [0.2, 0.25) is 0 Å². The van der Waals surface area contributed by atoms with Crippen molar-refractivity contribution in [2.24, 2.45) is 0 Å². The van der Waals surface area contributed by atoms with Crippen LogP contribution in [0.25, 0.3) is 0 Å². The maximum absolute atomic E-state index is 13.4. The van der Waals surface area contributed by atoms with E-state index < -0.39 is 0 Å². The fourth-order valence-corrected chi connectivity index (χ4v) is 2.54. The maximum atomic E-state index is 13.4. The van der Waals surface area contributed by atoms with Crippen LogP contribution in [0.1, 0.15) is 22.7 Å². The number of benzene rings is 1. The molecule has 3 nitrogen and oxygen atoms in total. The van der Waals surface area contributed by atoms with Gasteiger partial charge in [0.1, 0.15) is 5.82 Å². The van der Waals surface area contributed by atoms with Gasteiger partial charge in [0.25, 0.3) is 0 Å². The number of rotatable bonds is 6. The molecule has 0 spiro atoms. The molecule has 0 saturated heterocycles. The summed E-state index contributed by atoms with van der Waals surface area (Å²) in [5.41, 5.74) is 1.58. The van der Waals surface area contributed by atoms with Gasteiger partial charge in [0.2, 0.25) is 5.91 Å². The molecular formula is C15H17FN2OS. The number of aryl methyl sites for hydroxylation is 2. The standard InChI is InChI=1S/C15H17FN2OS/c1-11-18-13(10-20-11)8-9-17-15(19)7-6-12-4-2-3-5-14(12)16/h2-5,10H,6-9H2,1H3,(H,17,19). The molecule has 0 aliphatic heterocycles. The van der Waals surface area contributed by atoms with Crippen LogP contribution in [-0.2, 0) is 17.6 Å². The molecular weight excluding hydrogens is 275 g/mol. The highest BCUT2D eigenvalue weighted by Crippen LogP contribution is 2.09. The summed E-state index contributed by atoms with van der Waals surface area (Å²) in [5, 5.41) is 5.87. The van der Waals surface area contributed by atoms with Crippen LogP contribution in [0.4, 0.5) is 4.39 Å². The van der Waals surface area contributed by atoms with Crippen LogP contribution in [0.5, 0.6) is 0 Å². The van der Waals surface area contributed by atoms with Gasteiger partial charge in [-0.05, 0) is 25.0 Å². The molecule has 1 amide bonds. The summed E-state index contributed by atoms with van der Waals surface area (Å²) in [6.45, 7) is 2.53. The van der Waals surface area contributed by atoms with Crippen LogP contribution >= 0.6 is 11.3 Å². The lowest BCUT2D eigenvalue weighted by Crippen LogP contribution is -2.26. The number of nitrogens with zero attached hydrogens (tertiary/aromatic N) is 1. The van der Waals surface area contributed by atoms with Gasteiger partial charge in [0, 0.05) is 24.8 Å². The fourth-order valence-electron chi connectivity index (χ4n) is 1.89. The van der Waals surface area contributed by atoms with E-state index in [2.05, 4.69) is 10.3 Å². The van der Waals surface area contributed by atoms with E-state index in [0.717, 1.165) is 17.1 Å². The van der Waals surface area contributed by atoms with Crippen LogP contribution in [0.3, 0.4) is 0 Å². The third-order valence-electron chi connectivity index (χ3n) is 2.95. The number of carbonyl (C=O) groups excluding carboxylic acids is 1. The summed E-state index contributed by atoms with van der Waals surface area (Å²) in [5.74, 6) is -0.307. The minimum atomic E-state index is -0.252. The predicted octanol–water partition coefficient (Wildman–Crippen LogP) is 2.88. The normalized spacial score (nSPS) is 10.5. The Morgan fingerprint density at radius 1 is 1.35 bits per heavy atom. The van der Waals surface area contributed by atoms with Crippen LogP contribution in [0.15, 0.2) is 29.6 Å². The number of aromatic nitrogens is 1. The molecule has 5 heteroatoms. The van der Waals surface area contributed by atoms with E-state index in [1.165, 1.54) is 6.07 Å². The average molecular weight is 292 g/mol. The average Bonchev–Trinajstić information content (AvgIpc) is 2.83. The van der Waals surface area contributed by atoms with Crippen molar-refractivity contribution in [3.63, 3.8) is 0 Å². The Labute approximate surface area is 121 Å². The van der Waals surface area contributed by atoms with Crippen LogP contribution in [-0.4, -0.2) is 17.4 Å². The second-order valence-corrected chi connectivity index (χ2v) is 5.61. The quantitative estimate of drug-likeness (QED) is 0.889. The van der Waals surface area contributed by atoms with Gasteiger partial charge in [0.05, 0.1) is 10.7 Å². The molecule has 0 atom stereocenters. The summed E-state index contributed by atoms with van der Waals surface area (Å²) in [7, 11) is 0. The zero-order valence-corrected chi connectivity index (χ0v) is 12.2. The Balaban J connectivity index is 1.69. The molecule has 1 aromatic carbocycles. The summed E-state index contributed by atoms with van der Waals surface area (Å²) >= 11 is 1.61. The third-order valence-corrected chi connectivity index (χ3v) is 3.77. The summed E-state index contributed by atoms with van der Waals surface area (Å²) < 4.78 is 13.4. The molecule has 0 fully saturated rings. The molecule has 0 aliphatic carbocycles. The second-order valence-electron chi connectivity index (χ2n) is 4.55. The Morgan fingerprint density at radius 2 is 2.15 bits per heavy atom. The highest BCUT2D eigenvalue weighted by molar-refractivity contribution is 7.09. The molecule has 0 saturated carbocycles. The van der Waals surface area contributed by atoms with Crippen molar-refractivity contribution in [2.75, 3.05) is 6.54 Å². The van der Waals surface area contributed by atoms with Gasteiger partial charge >= 0.3 is 0 Å². The minimum absolute atomic E-state index is 0.0554. The van der Waals surface area contributed by atoms with Crippen LogP contribution in [0, 0.1) is 12.7 Å². The number of amides is 1. The van der Waals surface area contributed by atoms with E-state index >= 15 is 0 Å². The first kappa shape index (κ1) is 14.7. The SMILES string of the molecule is Cc1nc(CCNC(=O)CCc2ccccc2F)cs1. The molecule has 0 unspecified atom stereocenters. The molecule has 2 rings (SSSR count). The van der Waals surface area contributed by atoms with Crippen molar-refractivity contribution in [2.45, 2.75) is 26.2 Å². The number of halogens is 1. The topological polar surface area (TPSA) is 42.0 Å². The van der Waals surface area contributed by atoms with Gasteiger partial charge < -0.3 is 5.32 Å². The van der Waals surface area contributed by atoms with Crippen LogP contribution < -0.4 is 5.32 Å². The molecule has 2 aromatic rings. The molecule has 0 aliphatic rings. The summed E-state index contributed by atoms with van der Waals surface area (Å²) in [4.78, 5) is 16.0. The van der Waals surface area contributed by atoms with Gasteiger partial charge in [-0.15, -0.1) is 11.3 Å². The molecule has 1 N–H and O–H groups in total. The molecule has 1 aromatic heterocycles. The lowest BCUT2D eigenvalue weighted by molar-refractivity contribution is -0.121. The molecule has 106 valence electrons. The monoisotopic (exact) mass is 292 g/mol. The Bertz CT molecular complexity index is 583.